The topological polar surface area (TPSA) is 257 Å². The predicted octanol–water partition coefficient (Wildman–Crippen LogP) is 5.43. The van der Waals surface area contributed by atoms with Gasteiger partial charge in [0.25, 0.3) is 0 Å². The van der Waals surface area contributed by atoms with Crippen LogP contribution in [0.15, 0.2) is 78.4 Å². The lowest BCUT2D eigenvalue weighted by Crippen LogP contribution is -2.35. The summed E-state index contributed by atoms with van der Waals surface area (Å²) < 4.78 is 108. The molecule has 75 heavy (non-hydrogen) atoms. The van der Waals surface area contributed by atoms with E-state index in [2.05, 4.69) is 16.0 Å². The molecule has 0 saturated carbocycles. The Morgan fingerprint density at radius 3 is 1.83 bits per heavy atom. The molecular formula is C51H58F2N4O16S2. The molecule has 20 nitrogen and oxygen atoms in total. The van der Waals surface area contributed by atoms with Crippen LogP contribution in [0, 0.1) is 11.6 Å². The Hall–Kier alpha value is -6.51. The van der Waals surface area contributed by atoms with Gasteiger partial charge in [-0.2, -0.15) is 0 Å². The fourth-order valence-corrected chi connectivity index (χ4v) is 10.2. The van der Waals surface area contributed by atoms with Crippen molar-refractivity contribution in [2.75, 3.05) is 102 Å². The summed E-state index contributed by atoms with van der Waals surface area (Å²) in [4.78, 5) is 37.4. The lowest BCUT2D eigenvalue weighted by atomic mass is 9.77. The number of carbonyl (C=O) groups is 3. The van der Waals surface area contributed by atoms with Gasteiger partial charge in [0.05, 0.1) is 90.4 Å². The monoisotopic (exact) mass is 1080 g/mol. The molecule has 4 aromatic carbocycles. The quantitative estimate of drug-likeness (QED) is 0.0235. The largest absolute Gasteiger partial charge is 0.508 e. The van der Waals surface area contributed by atoms with Gasteiger partial charge < -0.3 is 68.8 Å². The average molecular weight is 1090 g/mol. The lowest BCUT2D eigenvalue weighted by molar-refractivity contribution is -0.141. The third kappa shape index (κ3) is 14.9. The zero-order chi connectivity index (χ0) is 53.4. The molecule has 2 heterocycles. The number of anilines is 2. The standard InChI is InChI=1S/C51H58F2N4O16S2/c1-32(58)55-31-33-26-42(52)47(43(53)27-33)57-75(63,64)46-5-3-2-4-37(46)48(61)71-25-24-70-23-22-69-21-20-68-19-18-67-17-16-66-15-14-65-13-12-54-50(74)56-34-6-9-39-38(28-34)49(62)73-51(39)40-10-7-35(59)29-44(40)72-45-30-36(60)8-11-41(45)51/h4,6-11,26-30,46,57,59-60H,2-3,5,12-25,31H2,1H3,(H,55,58)(H2,54,56,74). The summed E-state index contributed by atoms with van der Waals surface area (Å²) in [6.07, 6.45) is 2.34. The lowest BCUT2D eigenvalue weighted by Gasteiger charge is -2.36. The molecule has 0 aromatic heterocycles. The van der Waals surface area contributed by atoms with Crippen molar-refractivity contribution in [3.63, 3.8) is 0 Å². The van der Waals surface area contributed by atoms with Crippen LogP contribution in [0.25, 0.3) is 0 Å². The number of ether oxygens (including phenoxy) is 9. The van der Waals surface area contributed by atoms with Crippen molar-refractivity contribution >= 4 is 56.6 Å². The molecule has 404 valence electrons. The summed E-state index contributed by atoms with van der Waals surface area (Å²) in [5, 5.41) is 27.8. The van der Waals surface area contributed by atoms with Crippen LogP contribution in [-0.2, 0) is 69.7 Å². The van der Waals surface area contributed by atoms with Crippen molar-refractivity contribution in [1.29, 1.82) is 0 Å². The molecule has 6 N–H and O–H groups in total. The Kier molecular flexibility index (Phi) is 20.1. The third-order valence-corrected chi connectivity index (χ3v) is 13.7. The molecule has 0 fully saturated rings. The van der Waals surface area contributed by atoms with Crippen molar-refractivity contribution in [3.05, 3.63) is 118 Å². The second-order valence-corrected chi connectivity index (χ2v) is 19.3. The van der Waals surface area contributed by atoms with Gasteiger partial charge in [-0.1, -0.05) is 12.1 Å². The summed E-state index contributed by atoms with van der Waals surface area (Å²) in [5.41, 5.74) is 0.223. The minimum absolute atomic E-state index is 0.0208. The smallest absolute Gasteiger partial charge is 0.340 e. The van der Waals surface area contributed by atoms with Crippen LogP contribution >= 0.6 is 12.2 Å². The number of benzene rings is 4. The molecule has 7 rings (SSSR count). The number of amides is 1. The number of esters is 2. The number of fused-ring (bicyclic) bond motifs is 6. The van der Waals surface area contributed by atoms with E-state index in [1.54, 1.807) is 30.3 Å². The highest BCUT2D eigenvalue weighted by molar-refractivity contribution is 7.93. The average Bonchev–Trinajstić information content (AvgIpc) is 3.68. The van der Waals surface area contributed by atoms with E-state index in [4.69, 9.17) is 54.8 Å². The Balaban J connectivity index is 0.665. The third-order valence-electron chi connectivity index (χ3n) is 11.8. The van der Waals surface area contributed by atoms with E-state index in [1.807, 2.05) is 4.72 Å². The van der Waals surface area contributed by atoms with E-state index in [9.17, 15) is 41.8 Å². The van der Waals surface area contributed by atoms with Crippen molar-refractivity contribution in [2.24, 2.45) is 0 Å². The number of hydrogen-bond donors (Lipinski definition) is 6. The molecule has 24 heteroatoms. The first kappa shape index (κ1) is 56.2. The molecule has 1 unspecified atom stereocenters. The summed E-state index contributed by atoms with van der Waals surface area (Å²) in [7, 11) is -4.46. The number of phenols is 2. The minimum Gasteiger partial charge on any atom is -0.508 e. The van der Waals surface area contributed by atoms with Crippen molar-refractivity contribution < 1.29 is 84.4 Å². The second kappa shape index (κ2) is 26.8. The Morgan fingerprint density at radius 2 is 1.27 bits per heavy atom. The van der Waals surface area contributed by atoms with Gasteiger partial charge in [0.1, 0.15) is 40.5 Å². The number of nitrogens with one attached hydrogen (secondary N) is 4. The molecular weight excluding hydrogens is 1030 g/mol. The molecule has 2 aliphatic heterocycles. The van der Waals surface area contributed by atoms with Crippen LogP contribution in [0.4, 0.5) is 20.2 Å². The second-order valence-electron chi connectivity index (χ2n) is 17.1. The number of allylic oxidation sites excluding steroid dienone is 1. The number of rotatable bonds is 28. The van der Waals surface area contributed by atoms with E-state index in [1.165, 1.54) is 37.3 Å². The van der Waals surface area contributed by atoms with Gasteiger partial charge in [0.2, 0.25) is 15.9 Å². The summed E-state index contributed by atoms with van der Waals surface area (Å²) in [6, 6.07) is 16.2. The predicted molar refractivity (Wildman–Crippen MR) is 270 cm³/mol. The maximum atomic E-state index is 14.8. The maximum Gasteiger partial charge on any atom is 0.340 e. The first-order valence-corrected chi connectivity index (χ1v) is 26.0. The molecule has 1 spiro atoms. The van der Waals surface area contributed by atoms with Gasteiger partial charge in [-0.3, -0.25) is 9.52 Å². The van der Waals surface area contributed by atoms with Crippen LogP contribution in [-0.4, -0.2) is 139 Å². The first-order chi connectivity index (χ1) is 36.2. The maximum absolute atomic E-state index is 14.8. The molecule has 0 radical (unpaired) electrons. The molecule has 4 aromatic rings. The van der Waals surface area contributed by atoms with Gasteiger partial charge in [0.15, 0.2) is 22.3 Å². The number of halogens is 2. The molecule has 1 aliphatic carbocycles. The van der Waals surface area contributed by atoms with Gasteiger partial charge in [-0.25, -0.2) is 26.8 Å². The highest BCUT2D eigenvalue weighted by atomic mass is 32.2. The van der Waals surface area contributed by atoms with Gasteiger partial charge in [-0.15, -0.1) is 0 Å². The normalized spacial score (nSPS) is 15.2. The number of carbonyl (C=O) groups excluding carboxylic acids is 3. The zero-order valence-electron chi connectivity index (χ0n) is 40.9. The zero-order valence-corrected chi connectivity index (χ0v) is 42.5. The van der Waals surface area contributed by atoms with Crippen LogP contribution < -0.4 is 25.4 Å². The molecule has 0 bridgehead atoms. The van der Waals surface area contributed by atoms with Crippen LogP contribution in [0.2, 0.25) is 0 Å². The highest BCUT2D eigenvalue weighted by Crippen LogP contribution is 2.57. The van der Waals surface area contributed by atoms with Crippen molar-refractivity contribution in [2.45, 2.75) is 43.6 Å². The van der Waals surface area contributed by atoms with Crippen LogP contribution in [0.3, 0.4) is 0 Å². The minimum atomic E-state index is -4.46. The SMILES string of the molecule is CC(=O)NCc1cc(F)c(NS(=O)(=O)C2CCCC=C2C(=O)OCCOCCOCCOCCOCCOCCOCCNC(=S)Nc2ccc3c(c2)C(=O)OC32c3ccc(O)cc3Oc3cc(O)ccc32)c(F)c1. The van der Waals surface area contributed by atoms with Crippen molar-refractivity contribution in [1.82, 2.24) is 10.6 Å². The van der Waals surface area contributed by atoms with E-state index in [-0.39, 0.29) is 62.0 Å². The van der Waals surface area contributed by atoms with Crippen LogP contribution in [0.1, 0.15) is 58.8 Å². The molecule has 1 amide bonds. The van der Waals surface area contributed by atoms with E-state index in [0.717, 1.165) is 12.1 Å². The first-order valence-electron chi connectivity index (χ1n) is 24.0. The number of thiocarbonyl (C=S) groups is 1. The van der Waals surface area contributed by atoms with Gasteiger partial charge in [0, 0.05) is 54.5 Å². The Labute approximate surface area is 436 Å². The fraction of sp³-hybridized carbons (Fsp3) is 0.412. The van der Waals surface area contributed by atoms with E-state index >= 15 is 0 Å². The summed E-state index contributed by atoms with van der Waals surface area (Å²) >= 11 is 5.46. The number of aromatic hydroxyl groups is 2. The summed E-state index contributed by atoms with van der Waals surface area (Å²) in [6.45, 7) is 5.00. The van der Waals surface area contributed by atoms with Gasteiger partial charge in [-0.05, 0) is 85.6 Å². The molecule has 1 atom stereocenters. The number of phenolic OH excluding ortho intramolecular Hbond substituents is 2. The highest BCUT2D eigenvalue weighted by Gasteiger charge is 2.53. The fourth-order valence-electron chi connectivity index (χ4n) is 8.32. The van der Waals surface area contributed by atoms with E-state index < -0.39 is 56.0 Å². The Morgan fingerprint density at radius 1 is 0.733 bits per heavy atom. The van der Waals surface area contributed by atoms with Crippen LogP contribution in [0.5, 0.6) is 23.0 Å². The number of sulfonamides is 1. The molecule has 0 saturated heterocycles. The van der Waals surface area contributed by atoms with E-state index in [0.29, 0.717) is 123 Å². The number of hydrogen-bond acceptors (Lipinski definition) is 17. The Bertz CT molecular complexity index is 2760. The van der Waals surface area contributed by atoms with Gasteiger partial charge >= 0.3 is 11.9 Å². The van der Waals surface area contributed by atoms with Crippen molar-refractivity contribution in [3.8, 4) is 23.0 Å². The molecule has 3 aliphatic rings. The summed E-state index contributed by atoms with van der Waals surface area (Å²) in [5.74, 6) is -3.66.